The summed E-state index contributed by atoms with van der Waals surface area (Å²) < 4.78 is 0. The molecule has 0 radical (unpaired) electrons. The number of oxime groups is 1. The molecule has 0 saturated heterocycles. The van der Waals surface area contributed by atoms with Crippen molar-refractivity contribution in [3.63, 3.8) is 0 Å². The van der Waals surface area contributed by atoms with Crippen molar-refractivity contribution in [3.8, 4) is 0 Å². The van der Waals surface area contributed by atoms with E-state index >= 15 is 0 Å². The van der Waals surface area contributed by atoms with Crippen molar-refractivity contribution in [1.82, 2.24) is 4.98 Å². The van der Waals surface area contributed by atoms with Gasteiger partial charge in [-0.2, -0.15) is 0 Å². The minimum atomic E-state index is 0.719. The minimum Gasteiger partial charge on any atom is -0.411 e. The maximum atomic E-state index is 8.37. The highest BCUT2D eigenvalue weighted by Crippen LogP contribution is 2.26. The highest BCUT2D eigenvalue weighted by molar-refractivity contribution is 7.99. The van der Waals surface area contributed by atoms with Crippen molar-refractivity contribution in [3.05, 3.63) is 53.2 Å². The fraction of sp³-hybridized carbons (Fsp3) is 0. The smallest absolute Gasteiger partial charge is 0.101 e. The molecule has 0 aliphatic carbocycles. The summed E-state index contributed by atoms with van der Waals surface area (Å²) in [7, 11) is 0. The average Bonchev–Trinajstić information content (AvgIpc) is 2.35. The Morgan fingerprint density at radius 3 is 2.53 bits per heavy atom. The third-order valence-electron chi connectivity index (χ3n) is 2.00. The van der Waals surface area contributed by atoms with Gasteiger partial charge in [-0.25, -0.2) is 4.98 Å². The summed E-state index contributed by atoms with van der Waals surface area (Å²) in [4.78, 5) is 5.32. The molecular weight excluding hydrogens is 256 g/mol. The van der Waals surface area contributed by atoms with Crippen LogP contribution in [0.25, 0.3) is 0 Å². The number of rotatable bonds is 3. The molecule has 1 aromatic carbocycles. The van der Waals surface area contributed by atoms with Gasteiger partial charge in [0.2, 0.25) is 0 Å². The van der Waals surface area contributed by atoms with Gasteiger partial charge >= 0.3 is 0 Å². The Bertz CT molecular complexity index is 511. The fourth-order valence-corrected chi connectivity index (χ4v) is 2.10. The number of nitrogens with zero attached hydrogens (tertiary/aromatic N) is 2. The monoisotopic (exact) mass is 264 g/mol. The summed E-state index contributed by atoms with van der Waals surface area (Å²) >= 11 is 7.35. The van der Waals surface area contributed by atoms with Gasteiger partial charge in [0.1, 0.15) is 5.03 Å². The topological polar surface area (TPSA) is 45.5 Å². The summed E-state index contributed by atoms with van der Waals surface area (Å²) in [5, 5.41) is 12.9. The van der Waals surface area contributed by atoms with E-state index in [-0.39, 0.29) is 0 Å². The van der Waals surface area contributed by atoms with Gasteiger partial charge in [0.05, 0.1) is 6.21 Å². The molecular formula is C12H9ClN2OS. The van der Waals surface area contributed by atoms with Gasteiger partial charge in [0.25, 0.3) is 0 Å². The zero-order chi connectivity index (χ0) is 12.1. The molecule has 2 rings (SSSR count). The van der Waals surface area contributed by atoms with Crippen molar-refractivity contribution in [1.29, 1.82) is 0 Å². The summed E-state index contributed by atoms with van der Waals surface area (Å²) in [6.07, 6.45) is 2.99. The van der Waals surface area contributed by atoms with Gasteiger partial charge in [0, 0.05) is 21.7 Å². The lowest BCUT2D eigenvalue weighted by molar-refractivity contribution is 0.322. The van der Waals surface area contributed by atoms with Crippen molar-refractivity contribution in [2.75, 3.05) is 0 Å². The number of hydrogen-bond acceptors (Lipinski definition) is 4. The van der Waals surface area contributed by atoms with Crippen LogP contribution in [0.15, 0.2) is 57.7 Å². The van der Waals surface area contributed by atoms with E-state index in [1.54, 1.807) is 18.0 Å². The van der Waals surface area contributed by atoms with Gasteiger partial charge in [-0.1, -0.05) is 28.5 Å². The van der Waals surface area contributed by atoms with E-state index in [1.165, 1.54) is 6.21 Å². The van der Waals surface area contributed by atoms with E-state index in [2.05, 4.69) is 10.1 Å². The predicted molar refractivity (Wildman–Crippen MR) is 69.2 cm³/mol. The van der Waals surface area contributed by atoms with Crippen LogP contribution in [-0.4, -0.2) is 16.4 Å². The molecule has 1 aromatic heterocycles. The second-order valence-electron chi connectivity index (χ2n) is 3.23. The second-order valence-corrected chi connectivity index (χ2v) is 4.76. The Balaban J connectivity index is 2.11. The van der Waals surface area contributed by atoms with E-state index in [9.17, 15) is 0 Å². The normalized spacial score (nSPS) is 10.9. The average molecular weight is 265 g/mol. The first-order valence-corrected chi connectivity index (χ1v) is 6.04. The van der Waals surface area contributed by atoms with E-state index in [4.69, 9.17) is 16.8 Å². The van der Waals surface area contributed by atoms with E-state index in [0.717, 1.165) is 20.5 Å². The Hall–Kier alpha value is -1.52. The van der Waals surface area contributed by atoms with Crippen LogP contribution in [0.5, 0.6) is 0 Å². The molecule has 1 N–H and O–H groups in total. The predicted octanol–water partition coefficient (Wildman–Crippen LogP) is 3.69. The van der Waals surface area contributed by atoms with E-state index in [0.29, 0.717) is 0 Å². The molecule has 0 atom stereocenters. The minimum absolute atomic E-state index is 0.719. The molecule has 86 valence electrons. The van der Waals surface area contributed by atoms with Crippen LogP contribution in [0, 0.1) is 0 Å². The molecule has 0 spiro atoms. The van der Waals surface area contributed by atoms with Crippen LogP contribution in [0.3, 0.4) is 0 Å². The van der Waals surface area contributed by atoms with Crippen molar-refractivity contribution < 1.29 is 5.21 Å². The largest absolute Gasteiger partial charge is 0.411 e. The van der Waals surface area contributed by atoms with Gasteiger partial charge < -0.3 is 5.21 Å². The third-order valence-corrected chi connectivity index (χ3v) is 3.21. The summed E-state index contributed by atoms with van der Waals surface area (Å²) in [6, 6.07) is 11.3. The Morgan fingerprint density at radius 1 is 1.18 bits per heavy atom. The van der Waals surface area contributed by atoms with Crippen molar-refractivity contribution in [2.24, 2.45) is 5.16 Å². The zero-order valence-corrected chi connectivity index (χ0v) is 10.3. The number of pyridine rings is 1. The standard InChI is InChI=1S/C12H9ClN2OS/c13-10-2-4-11(5-3-10)17-12-6-1-9(7-14-12)8-15-16/h1-8,16H/b15-8-. The molecule has 5 heteroatoms. The lowest BCUT2D eigenvalue weighted by Gasteiger charge is -2.01. The summed E-state index contributed by atoms with van der Waals surface area (Å²) in [6.45, 7) is 0. The van der Waals surface area contributed by atoms with Gasteiger partial charge in [0.15, 0.2) is 0 Å². The molecule has 2 aromatic rings. The van der Waals surface area contributed by atoms with Crippen LogP contribution in [-0.2, 0) is 0 Å². The third kappa shape index (κ3) is 3.47. The van der Waals surface area contributed by atoms with Gasteiger partial charge in [-0.05, 0) is 36.4 Å². The van der Waals surface area contributed by atoms with Crippen LogP contribution in [0.1, 0.15) is 5.56 Å². The first-order chi connectivity index (χ1) is 8.28. The SMILES string of the molecule is O/N=C\c1ccc(Sc2ccc(Cl)cc2)nc1. The Labute approximate surface area is 108 Å². The van der Waals surface area contributed by atoms with Gasteiger partial charge in [-0.3, -0.25) is 0 Å². The highest BCUT2D eigenvalue weighted by atomic mass is 35.5. The maximum Gasteiger partial charge on any atom is 0.101 e. The Kier molecular flexibility index (Phi) is 4.01. The van der Waals surface area contributed by atoms with Crippen LogP contribution >= 0.6 is 23.4 Å². The quantitative estimate of drug-likeness (QED) is 0.522. The molecule has 0 aliphatic rings. The number of halogens is 1. The lowest BCUT2D eigenvalue weighted by atomic mass is 10.3. The van der Waals surface area contributed by atoms with Crippen LogP contribution < -0.4 is 0 Å². The summed E-state index contributed by atoms with van der Waals surface area (Å²) in [5.41, 5.74) is 0.757. The maximum absolute atomic E-state index is 8.37. The van der Waals surface area contributed by atoms with E-state index in [1.807, 2.05) is 36.4 Å². The molecule has 17 heavy (non-hydrogen) atoms. The van der Waals surface area contributed by atoms with Crippen LogP contribution in [0.2, 0.25) is 5.02 Å². The number of hydrogen-bond donors (Lipinski definition) is 1. The zero-order valence-electron chi connectivity index (χ0n) is 8.75. The van der Waals surface area contributed by atoms with Crippen molar-refractivity contribution >= 4 is 29.6 Å². The molecule has 0 amide bonds. The fourth-order valence-electron chi connectivity index (χ4n) is 1.22. The first kappa shape index (κ1) is 12.0. The Morgan fingerprint density at radius 2 is 1.94 bits per heavy atom. The number of aromatic nitrogens is 1. The molecule has 3 nitrogen and oxygen atoms in total. The molecule has 0 unspecified atom stereocenters. The van der Waals surface area contributed by atoms with E-state index < -0.39 is 0 Å². The molecule has 0 saturated carbocycles. The molecule has 0 fully saturated rings. The second kappa shape index (κ2) is 5.70. The molecule has 0 aliphatic heterocycles. The van der Waals surface area contributed by atoms with Gasteiger partial charge in [-0.15, -0.1) is 0 Å². The number of benzene rings is 1. The van der Waals surface area contributed by atoms with Crippen LogP contribution in [0.4, 0.5) is 0 Å². The molecule has 1 heterocycles. The summed E-state index contributed by atoms with van der Waals surface area (Å²) in [5.74, 6) is 0. The van der Waals surface area contributed by atoms with Crippen molar-refractivity contribution in [2.45, 2.75) is 9.92 Å². The molecule has 0 bridgehead atoms. The lowest BCUT2D eigenvalue weighted by Crippen LogP contribution is -1.85. The highest BCUT2D eigenvalue weighted by Gasteiger charge is 1.99. The first-order valence-electron chi connectivity index (χ1n) is 4.85.